The highest BCUT2D eigenvalue weighted by molar-refractivity contribution is 5.80. The van der Waals surface area contributed by atoms with Gasteiger partial charge in [0.05, 0.1) is 24.7 Å². The van der Waals surface area contributed by atoms with E-state index in [1.165, 1.54) is 5.69 Å². The van der Waals surface area contributed by atoms with Crippen LogP contribution in [0.15, 0.2) is 53.5 Å². The molecule has 1 fully saturated rings. The number of aromatic nitrogens is 2. The van der Waals surface area contributed by atoms with Crippen LogP contribution in [0.3, 0.4) is 0 Å². The van der Waals surface area contributed by atoms with Gasteiger partial charge in [0.1, 0.15) is 11.6 Å². The maximum Gasteiger partial charge on any atom is 0.194 e. The molecule has 29 heavy (non-hydrogen) atoms. The number of aliphatic imine (C=N–C) groups is 1. The summed E-state index contributed by atoms with van der Waals surface area (Å²) in [5.74, 6) is 2.81. The van der Waals surface area contributed by atoms with Gasteiger partial charge in [-0.3, -0.25) is 4.99 Å². The second-order valence-corrected chi connectivity index (χ2v) is 7.15. The summed E-state index contributed by atoms with van der Waals surface area (Å²) in [6.07, 6.45) is 0. The van der Waals surface area contributed by atoms with Gasteiger partial charge in [-0.2, -0.15) is 0 Å². The monoisotopic (exact) mass is 392 g/mol. The van der Waals surface area contributed by atoms with Gasteiger partial charge >= 0.3 is 0 Å². The SMILES string of the molecule is CN=C(NCc1nc2ccccc2n1C)N1CCN(c2ccc(OC)cc2)CC1. The first-order valence-corrected chi connectivity index (χ1v) is 9.94. The molecule has 1 saturated heterocycles. The quantitative estimate of drug-likeness (QED) is 0.546. The maximum absolute atomic E-state index is 5.25. The van der Waals surface area contributed by atoms with E-state index in [4.69, 9.17) is 9.72 Å². The first-order chi connectivity index (χ1) is 14.2. The molecule has 152 valence electrons. The van der Waals surface area contributed by atoms with Crippen molar-refractivity contribution >= 4 is 22.7 Å². The number of para-hydroxylation sites is 2. The fraction of sp³-hybridized carbons (Fsp3) is 0.364. The minimum Gasteiger partial charge on any atom is -0.497 e. The van der Waals surface area contributed by atoms with E-state index < -0.39 is 0 Å². The Morgan fingerprint density at radius 1 is 1.07 bits per heavy atom. The molecule has 1 N–H and O–H groups in total. The summed E-state index contributed by atoms with van der Waals surface area (Å²) in [5, 5.41) is 3.48. The van der Waals surface area contributed by atoms with Crippen molar-refractivity contribution in [1.82, 2.24) is 19.8 Å². The normalized spacial score (nSPS) is 15.1. The summed E-state index contributed by atoms with van der Waals surface area (Å²) in [7, 11) is 5.59. The van der Waals surface area contributed by atoms with Gasteiger partial charge in [-0.05, 0) is 36.4 Å². The van der Waals surface area contributed by atoms with Crippen molar-refractivity contribution in [2.45, 2.75) is 6.54 Å². The summed E-state index contributed by atoms with van der Waals surface area (Å²) in [6, 6.07) is 16.5. The molecule has 7 nitrogen and oxygen atoms in total. The second kappa shape index (κ2) is 8.43. The molecule has 1 aromatic heterocycles. The Morgan fingerprint density at radius 2 is 1.79 bits per heavy atom. The average molecular weight is 393 g/mol. The number of piperazine rings is 1. The van der Waals surface area contributed by atoms with E-state index in [9.17, 15) is 0 Å². The van der Waals surface area contributed by atoms with Gasteiger partial charge in [0.2, 0.25) is 0 Å². The number of guanidine groups is 1. The van der Waals surface area contributed by atoms with Crippen LogP contribution >= 0.6 is 0 Å². The van der Waals surface area contributed by atoms with Crippen molar-refractivity contribution in [2.75, 3.05) is 45.2 Å². The molecule has 4 rings (SSSR count). The van der Waals surface area contributed by atoms with E-state index >= 15 is 0 Å². The Labute approximate surface area is 171 Å². The van der Waals surface area contributed by atoms with Crippen molar-refractivity contribution in [3.63, 3.8) is 0 Å². The molecule has 1 aliphatic heterocycles. The number of ether oxygens (including phenoxy) is 1. The van der Waals surface area contributed by atoms with Crippen molar-refractivity contribution in [3.8, 4) is 5.75 Å². The molecule has 2 aromatic carbocycles. The van der Waals surface area contributed by atoms with Crippen LogP contribution in [0.2, 0.25) is 0 Å². The lowest BCUT2D eigenvalue weighted by molar-refractivity contribution is 0.371. The van der Waals surface area contributed by atoms with Crippen LogP contribution in [0.1, 0.15) is 5.82 Å². The Hall–Kier alpha value is -3.22. The Bertz CT molecular complexity index is 986. The topological polar surface area (TPSA) is 57.9 Å². The van der Waals surface area contributed by atoms with Gasteiger partial charge in [-0.15, -0.1) is 0 Å². The van der Waals surface area contributed by atoms with E-state index in [2.05, 4.69) is 49.9 Å². The molecule has 0 bridgehead atoms. The van der Waals surface area contributed by atoms with Gasteiger partial charge in [-0.25, -0.2) is 4.98 Å². The number of methoxy groups -OCH3 is 1. The van der Waals surface area contributed by atoms with Gasteiger partial charge in [0, 0.05) is 46.0 Å². The van der Waals surface area contributed by atoms with Crippen LogP contribution in [0.25, 0.3) is 11.0 Å². The molecular weight excluding hydrogens is 364 g/mol. The van der Waals surface area contributed by atoms with Gasteiger partial charge in [-0.1, -0.05) is 12.1 Å². The summed E-state index contributed by atoms with van der Waals surface area (Å²) >= 11 is 0. The summed E-state index contributed by atoms with van der Waals surface area (Å²) in [4.78, 5) is 13.9. The minimum absolute atomic E-state index is 0.649. The first kappa shape index (κ1) is 19.1. The highest BCUT2D eigenvalue weighted by Crippen LogP contribution is 2.20. The number of imidazole rings is 1. The number of benzene rings is 2. The zero-order valence-electron chi connectivity index (χ0n) is 17.3. The zero-order chi connectivity index (χ0) is 20.2. The standard InChI is InChI=1S/C22H28N6O/c1-23-22(24-16-21-25-19-6-4-5-7-20(19)26(21)2)28-14-12-27(13-15-28)17-8-10-18(29-3)11-9-17/h4-11H,12-16H2,1-3H3,(H,23,24). The Morgan fingerprint density at radius 3 is 2.45 bits per heavy atom. The fourth-order valence-electron chi connectivity index (χ4n) is 3.81. The number of fused-ring (bicyclic) bond motifs is 1. The van der Waals surface area contributed by atoms with Crippen LogP contribution in [0, 0.1) is 0 Å². The van der Waals surface area contributed by atoms with Crippen LogP contribution in [-0.2, 0) is 13.6 Å². The van der Waals surface area contributed by atoms with Crippen molar-refractivity contribution < 1.29 is 4.74 Å². The first-order valence-electron chi connectivity index (χ1n) is 9.94. The predicted molar refractivity (Wildman–Crippen MR) is 118 cm³/mol. The Balaban J connectivity index is 1.36. The van der Waals surface area contributed by atoms with E-state index in [1.54, 1.807) is 7.11 Å². The molecule has 3 aromatic rings. The number of rotatable bonds is 4. The third-order valence-electron chi connectivity index (χ3n) is 5.51. The lowest BCUT2D eigenvalue weighted by Crippen LogP contribution is -2.52. The number of anilines is 1. The van der Waals surface area contributed by atoms with E-state index in [1.807, 2.05) is 37.4 Å². The third-order valence-corrected chi connectivity index (χ3v) is 5.51. The molecule has 0 spiro atoms. The van der Waals surface area contributed by atoms with Crippen LogP contribution < -0.4 is 15.0 Å². The van der Waals surface area contributed by atoms with Gasteiger partial charge in [0.15, 0.2) is 5.96 Å². The van der Waals surface area contributed by atoms with Gasteiger partial charge in [0.25, 0.3) is 0 Å². The van der Waals surface area contributed by atoms with Crippen molar-refractivity contribution in [1.29, 1.82) is 0 Å². The van der Waals surface area contributed by atoms with Crippen LogP contribution in [-0.4, -0.2) is 60.7 Å². The molecule has 0 aliphatic carbocycles. The summed E-state index contributed by atoms with van der Waals surface area (Å²) in [5.41, 5.74) is 3.40. The van der Waals surface area contributed by atoms with Crippen LogP contribution in [0.4, 0.5) is 5.69 Å². The number of hydrogen-bond acceptors (Lipinski definition) is 4. The van der Waals surface area contributed by atoms with E-state index in [0.29, 0.717) is 6.54 Å². The number of aryl methyl sites for hydroxylation is 1. The molecule has 0 saturated carbocycles. The molecule has 2 heterocycles. The Kier molecular flexibility index (Phi) is 5.55. The molecule has 7 heteroatoms. The lowest BCUT2D eigenvalue weighted by Gasteiger charge is -2.37. The summed E-state index contributed by atoms with van der Waals surface area (Å²) < 4.78 is 7.39. The largest absolute Gasteiger partial charge is 0.497 e. The third kappa shape index (κ3) is 3.99. The van der Waals surface area contributed by atoms with Crippen molar-refractivity contribution in [3.05, 3.63) is 54.4 Å². The summed E-state index contributed by atoms with van der Waals surface area (Å²) in [6.45, 7) is 4.41. The van der Waals surface area contributed by atoms with Crippen molar-refractivity contribution in [2.24, 2.45) is 12.0 Å². The molecule has 0 atom stereocenters. The molecule has 1 aliphatic rings. The molecule has 0 amide bonds. The number of nitrogens with one attached hydrogen (secondary N) is 1. The second-order valence-electron chi connectivity index (χ2n) is 7.15. The highest BCUT2D eigenvalue weighted by atomic mass is 16.5. The molecular formula is C22H28N6O. The molecule has 0 radical (unpaired) electrons. The smallest absolute Gasteiger partial charge is 0.194 e. The molecule has 0 unspecified atom stereocenters. The number of nitrogens with zero attached hydrogens (tertiary/aromatic N) is 5. The fourth-order valence-corrected chi connectivity index (χ4v) is 3.81. The highest BCUT2D eigenvalue weighted by Gasteiger charge is 2.20. The zero-order valence-corrected chi connectivity index (χ0v) is 17.3. The van der Waals surface area contributed by atoms with E-state index in [0.717, 1.165) is 54.7 Å². The number of hydrogen-bond donors (Lipinski definition) is 1. The minimum atomic E-state index is 0.649. The van der Waals surface area contributed by atoms with E-state index in [-0.39, 0.29) is 0 Å². The predicted octanol–water partition coefficient (Wildman–Crippen LogP) is 2.48. The van der Waals surface area contributed by atoms with Crippen LogP contribution in [0.5, 0.6) is 5.75 Å². The average Bonchev–Trinajstić information content (AvgIpc) is 3.10. The van der Waals surface area contributed by atoms with Gasteiger partial charge < -0.3 is 24.4 Å². The maximum atomic E-state index is 5.25. The lowest BCUT2D eigenvalue weighted by atomic mass is 10.2.